The van der Waals surface area contributed by atoms with Gasteiger partial charge in [-0.2, -0.15) is 0 Å². The van der Waals surface area contributed by atoms with Crippen molar-refractivity contribution in [3.63, 3.8) is 0 Å². The van der Waals surface area contributed by atoms with Crippen LogP contribution in [-0.4, -0.2) is 43.4 Å². The van der Waals surface area contributed by atoms with E-state index in [-0.39, 0.29) is 0 Å². The highest BCUT2D eigenvalue weighted by molar-refractivity contribution is 5.74. The Bertz CT molecular complexity index is 707. The number of aromatic nitrogens is 3. The van der Waals surface area contributed by atoms with E-state index in [0.717, 1.165) is 38.7 Å². The van der Waals surface area contributed by atoms with Gasteiger partial charge in [-0.05, 0) is 61.2 Å². The molecule has 0 saturated heterocycles. The van der Waals surface area contributed by atoms with Gasteiger partial charge in [0.2, 0.25) is 0 Å². The van der Waals surface area contributed by atoms with Gasteiger partial charge in [0, 0.05) is 32.4 Å². The molecule has 3 rings (SSSR count). The summed E-state index contributed by atoms with van der Waals surface area (Å²) < 4.78 is 5.11. The Morgan fingerprint density at radius 1 is 1.29 bits per heavy atom. The molecule has 1 heterocycles. The summed E-state index contributed by atoms with van der Waals surface area (Å²) in [5.74, 6) is 0.386. The highest BCUT2D eigenvalue weighted by Crippen LogP contribution is 2.25. The second-order valence-electron chi connectivity index (χ2n) is 6.25. The fourth-order valence-corrected chi connectivity index (χ4v) is 3.24. The second kappa shape index (κ2) is 7.72. The number of hydrogen-bond donors (Lipinski definition) is 2. The van der Waals surface area contributed by atoms with Gasteiger partial charge in [-0.1, -0.05) is 0 Å². The average Bonchev–Trinajstić information content (AvgIpc) is 3.03. The monoisotopic (exact) mass is 331 g/mol. The van der Waals surface area contributed by atoms with E-state index in [4.69, 9.17) is 4.74 Å². The first-order valence-electron chi connectivity index (χ1n) is 8.54. The van der Waals surface area contributed by atoms with Crippen molar-refractivity contribution in [2.45, 2.75) is 38.1 Å². The maximum absolute atomic E-state index is 12.2. The third-order valence-corrected chi connectivity index (χ3v) is 4.66. The Kier molecular flexibility index (Phi) is 5.42. The van der Waals surface area contributed by atoms with E-state index >= 15 is 0 Å². The van der Waals surface area contributed by atoms with Gasteiger partial charge in [0.25, 0.3) is 11.5 Å². The van der Waals surface area contributed by atoms with E-state index in [1.807, 2.05) is 19.2 Å². The molecule has 7 heteroatoms. The first-order chi connectivity index (χ1) is 11.7. The summed E-state index contributed by atoms with van der Waals surface area (Å²) in [6.45, 7) is 1.43. The third kappa shape index (κ3) is 3.73. The minimum atomic E-state index is 0.362. The number of ether oxygens (including phenoxy) is 1. The number of benzene rings is 1. The lowest BCUT2D eigenvalue weighted by molar-refractivity contribution is -0.641. The Morgan fingerprint density at radius 3 is 2.83 bits per heavy atom. The van der Waals surface area contributed by atoms with Crippen LogP contribution in [0.25, 0.3) is 11.0 Å². The molecule has 0 fully saturated rings. The first kappa shape index (κ1) is 16.9. The normalized spacial score (nSPS) is 14.8. The van der Waals surface area contributed by atoms with Crippen molar-refractivity contribution in [2.24, 2.45) is 0 Å². The molecule has 1 aromatic heterocycles. The van der Waals surface area contributed by atoms with Crippen molar-refractivity contribution in [3.8, 4) is 0 Å². The number of fused-ring (bicyclic) bond motifs is 2. The van der Waals surface area contributed by atoms with Gasteiger partial charge < -0.3 is 20.6 Å². The molecule has 0 radical (unpaired) electrons. The lowest BCUT2D eigenvalue weighted by atomic mass is 10.1. The van der Waals surface area contributed by atoms with E-state index < -0.39 is 0 Å². The molecule has 1 unspecified atom stereocenters. The summed E-state index contributed by atoms with van der Waals surface area (Å²) in [5.41, 5.74) is 3.83. The summed E-state index contributed by atoms with van der Waals surface area (Å²) in [6.07, 6.45) is 5.11. The molecule has 1 atom stereocenters. The molecular formula is C17H25N5O2. The predicted octanol–water partition coefficient (Wildman–Crippen LogP) is 1.18. The Hall–Kier alpha value is -1.99. The van der Waals surface area contributed by atoms with Crippen LogP contribution in [0.5, 0.6) is 0 Å². The molecule has 130 valence electrons. The maximum atomic E-state index is 12.2. The van der Waals surface area contributed by atoms with Crippen LogP contribution in [0, 0.1) is 5.21 Å². The van der Waals surface area contributed by atoms with Crippen molar-refractivity contribution >= 4 is 17.0 Å². The van der Waals surface area contributed by atoms with Gasteiger partial charge in [-0.25, -0.2) is 4.98 Å². The van der Waals surface area contributed by atoms with E-state index in [9.17, 15) is 5.21 Å². The van der Waals surface area contributed by atoms with Crippen LogP contribution in [0.4, 0.5) is 5.95 Å². The van der Waals surface area contributed by atoms with Crippen molar-refractivity contribution in [3.05, 3.63) is 28.5 Å². The summed E-state index contributed by atoms with van der Waals surface area (Å²) in [5, 5.41) is 22.6. The predicted molar refractivity (Wildman–Crippen MR) is 93.0 cm³/mol. The first-order valence-corrected chi connectivity index (χ1v) is 8.54. The molecule has 2 aromatic rings. The standard InChI is InChI=1S/C17H25N5O2/c1-18-14(7-9-24-2)6-8-19-17-20-15-10-12-4-3-5-13(12)11-16(15)22(23)21-17/h10-11,14,18H,3-9H2,1-2H3,(H,19,20,21). The van der Waals surface area contributed by atoms with Gasteiger partial charge >= 0.3 is 0 Å². The highest BCUT2D eigenvalue weighted by atomic mass is 16.5. The average molecular weight is 331 g/mol. The Morgan fingerprint density at radius 2 is 2.08 bits per heavy atom. The number of rotatable bonds is 8. The van der Waals surface area contributed by atoms with E-state index in [1.54, 1.807) is 7.11 Å². The summed E-state index contributed by atoms with van der Waals surface area (Å²) in [6, 6.07) is 4.34. The van der Waals surface area contributed by atoms with Gasteiger partial charge in [0.05, 0.1) is 5.10 Å². The minimum absolute atomic E-state index is 0.362. The van der Waals surface area contributed by atoms with Gasteiger partial charge in [-0.3, -0.25) is 0 Å². The van der Waals surface area contributed by atoms with Crippen molar-refractivity contribution in [1.82, 2.24) is 15.4 Å². The molecule has 2 N–H and O–H groups in total. The summed E-state index contributed by atoms with van der Waals surface area (Å²) in [7, 11) is 3.65. The van der Waals surface area contributed by atoms with E-state index in [1.165, 1.54) is 11.1 Å². The summed E-state index contributed by atoms with van der Waals surface area (Å²) in [4.78, 5) is 5.19. The van der Waals surface area contributed by atoms with Gasteiger partial charge in [0.15, 0.2) is 0 Å². The zero-order valence-corrected chi connectivity index (χ0v) is 14.3. The number of aryl methyl sites for hydroxylation is 2. The third-order valence-electron chi connectivity index (χ3n) is 4.66. The molecular weight excluding hydrogens is 306 g/mol. The molecule has 0 amide bonds. The van der Waals surface area contributed by atoms with Gasteiger partial charge in [0.1, 0.15) is 5.52 Å². The van der Waals surface area contributed by atoms with Crippen LogP contribution < -0.4 is 15.5 Å². The second-order valence-corrected chi connectivity index (χ2v) is 6.25. The van der Waals surface area contributed by atoms with Crippen LogP contribution in [-0.2, 0) is 17.6 Å². The number of nitrogens with zero attached hydrogens (tertiary/aromatic N) is 3. The van der Waals surface area contributed by atoms with Crippen molar-refractivity contribution in [2.75, 3.05) is 32.6 Å². The molecule has 0 saturated carbocycles. The zero-order chi connectivity index (χ0) is 16.9. The Labute approximate surface area is 142 Å². The number of anilines is 1. The maximum Gasteiger partial charge on any atom is 0.290 e. The number of methoxy groups -OCH3 is 1. The van der Waals surface area contributed by atoms with E-state index in [2.05, 4.69) is 20.7 Å². The smallest absolute Gasteiger partial charge is 0.290 e. The van der Waals surface area contributed by atoms with E-state index in [0.29, 0.717) is 34.4 Å². The quantitative estimate of drug-likeness (QED) is 0.558. The Balaban J connectivity index is 1.68. The lowest BCUT2D eigenvalue weighted by Crippen LogP contribution is -2.34. The molecule has 1 aliphatic carbocycles. The fraction of sp³-hybridized carbons (Fsp3) is 0.588. The minimum Gasteiger partial charge on any atom is -0.594 e. The molecule has 0 aliphatic heterocycles. The highest BCUT2D eigenvalue weighted by Gasteiger charge is 2.18. The lowest BCUT2D eigenvalue weighted by Gasteiger charge is -2.15. The molecule has 0 bridgehead atoms. The van der Waals surface area contributed by atoms with Crippen LogP contribution in [0.2, 0.25) is 0 Å². The zero-order valence-electron chi connectivity index (χ0n) is 14.3. The largest absolute Gasteiger partial charge is 0.594 e. The van der Waals surface area contributed by atoms with Gasteiger partial charge in [-0.15, -0.1) is 0 Å². The molecule has 0 spiro atoms. The van der Waals surface area contributed by atoms with Crippen LogP contribution in [0.1, 0.15) is 30.4 Å². The number of nitrogens with one attached hydrogen (secondary N) is 2. The van der Waals surface area contributed by atoms with Crippen LogP contribution in [0.15, 0.2) is 12.1 Å². The fourth-order valence-electron chi connectivity index (χ4n) is 3.24. The molecule has 1 aliphatic rings. The van der Waals surface area contributed by atoms with Crippen molar-refractivity contribution in [1.29, 1.82) is 0 Å². The topological polar surface area (TPSA) is 86.0 Å². The van der Waals surface area contributed by atoms with Crippen molar-refractivity contribution < 1.29 is 9.58 Å². The SMILES string of the molecule is CNC(CCNc1nc2cc3c(cc2[n+]([O-])n1)CCC3)CCOC. The number of hydrogen-bond acceptors (Lipinski definition) is 6. The van der Waals surface area contributed by atoms with Crippen LogP contribution >= 0.6 is 0 Å². The van der Waals surface area contributed by atoms with Crippen LogP contribution in [0.3, 0.4) is 0 Å². The summed E-state index contributed by atoms with van der Waals surface area (Å²) >= 11 is 0. The molecule has 7 nitrogen and oxygen atoms in total. The molecule has 24 heavy (non-hydrogen) atoms. The molecule has 1 aromatic carbocycles.